The predicted octanol–water partition coefficient (Wildman–Crippen LogP) is 5.82. The van der Waals surface area contributed by atoms with Gasteiger partial charge in [-0.1, -0.05) is 47.3 Å². The van der Waals surface area contributed by atoms with Gasteiger partial charge in [0.25, 0.3) is 0 Å². The van der Waals surface area contributed by atoms with Gasteiger partial charge in [0, 0.05) is 18.6 Å². The number of halogens is 2. The van der Waals surface area contributed by atoms with E-state index in [2.05, 4.69) is 21.9 Å². The molecule has 3 fully saturated rings. The van der Waals surface area contributed by atoms with Crippen molar-refractivity contribution in [2.24, 2.45) is 11.8 Å². The number of piperidine rings is 3. The molecule has 0 N–H and O–H groups in total. The SMILES string of the molecule is Clc1ccc(CCCN2CCCC3=C[C@H]4C[C@H](CN5CCCC[C@H]45)[C@@H]32)cc1Cl. The number of nitrogens with zero attached hydrogens (tertiary/aromatic N) is 2. The molecule has 1 aliphatic carbocycles. The molecule has 152 valence electrons. The van der Waals surface area contributed by atoms with Gasteiger partial charge in [-0.25, -0.2) is 0 Å². The van der Waals surface area contributed by atoms with Crippen molar-refractivity contribution in [2.75, 3.05) is 26.2 Å². The fourth-order valence-corrected chi connectivity index (χ4v) is 6.84. The van der Waals surface area contributed by atoms with Crippen molar-refractivity contribution in [1.82, 2.24) is 9.80 Å². The van der Waals surface area contributed by atoms with Crippen LogP contribution in [0.1, 0.15) is 50.5 Å². The molecule has 0 radical (unpaired) electrons. The molecule has 2 nitrogen and oxygen atoms in total. The van der Waals surface area contributed by atoms with Gasteiger partial charge in [0.1, 0.15) is 0 Å². The fourth-order valence-electron chi connectivity index (χ4n) is 6.52. The van der Waals surface area contributed by atoms with E-state index in [1.165, 1.54) is 76.7 Å². The summed E-state index contributed by atoms with van der Waals surface area (Å²) in [4.78, 5) is 5.66. The van der Waals surface area contributed by atoms with Crippen LogP contribution in [-0.2, 0) is 6.42 Å². The topological polar surface area (TPSA) is 6.48 Å². The third kappa shape index (κ3) is 3.78. The van der Waals surface area contributed by atoms with Gasteiger partial charge in [0.15, 0.2) is 0 Å². The highest BCUT2D eigenvalue weighted by molar-refractivity contribution is 6.42. The first-order valence-corrected chi connectivity index (χ1v) is 12.1. The molecule has 28 heavy (non-hydrogen) atoms. The highest BCUT2D eigenvalue weighted by Gasteiger charge is 2.45. The standard InChI is InChI=1S/C24H32Cl2N2/c25-21-9-8-17(13-22(21)26)5-3-11-27-12-4-6-18-14-19-15-20(24(18)27)16-28-10-2-1-7-23(19)28/h8-9,13-14,19-20,23-24H,1-7,10-12,15-16H2/t19-,20+,23+,24+/m0/s1. The van der Waals surface area contributed by atoms with E-state index in [0.29, 0.717) is 16.1 Å². The molecule has 4 heteroatoms. The zero-order chi connectivity index (χ0) is 19.1. The second-order valence-corrected chi connectivity index (χ2v) is 10.2. The lowest BCUT2D eigenvalue weighted by Gasteiger charge is -2.55. The van der Waals surface area contributed by atoms with Crippen LogP contribution in [0.25, 0.3) is 0 Å². The number of hydrogen-bond acceptors (Lipinski definition) is 2. The highest BCUT2D eigenvalue weighted by Crippen LogP contribution is 2.45. The van der Waals surface area contributed by atoms with Crippen molar-refractivity contribution in [3.8, 4) is 0 Å². The average Bonchev–Trinajstić information content (AvgIpc) is 2.71. The van der Waals surface area contributed by atoms with Crippen LogP contribution in [0.2, 0.25) is 10.0 Å². The molecule has 3 heterocycles. The molecule has 0 spiro atoms. The van der Waals surface area contributed by atoms with E-state index in [9.17, 15) is 0 Å². The Balaban J connectivity index is 1.26. The molecular weight excluding hydrogens is 387 g/mol. The summed E-state index contributed by atoms with van der Waals surface area (Å²) < 4.78 is 0. The van der Waals surface area contributed by atoms with Gasteiger partial charge in [0.2, 0.25) is 0 Å². The third-order valence-corrected chi connectivity index (χ3v) is 8.39. The zero-order valence-corrected chi connectivity index (χ0v) is 18.3. The molecule has 5 rings (SSSR count). The maximum absolute atomic E-state index is 6.19. The molecule has 4 atom stereocenters. The van der Waals surface area contributed by atoms with E-state index < -0.39 is 0 Å². The molecule has 2 bridgehead atoms. The molecular formula is C24H32Cl2N2. The minimum atomic E-state index is 0.654. The Morgan fingerprint density at radius 2 is 1.96 bits per heavy atom. The summed E-state index contributed by atoms with van der Waals surface area (Å²) in [6, 6.07) is 7.65. The van der Waals surface area contributed by atoms with Crippen LogP contribution in [0.3, 0.4) is 0 Å². The molecule has 0 aromatic heterocycles. The lowest BCUT2D eigenvalue weighted by molar-refractivity contribution is -0.000826. The smallest absolute Gasteiger partial charge is 0.0595 e. The quantitative estimate of drug-likeness (QED) is 0.568. The Morgan fingerprint density at radius 3 is 2.86 bits per heavy atom. The summed E-state index contributed by atoms with van der Waals surface area (Å²) >= 11 is 12.3. The van der Waals surface area contributed by atoms with Crippen LogP contribution in [-0.4, -0.2) is 48.1 Å². The maximum Gasteiger partial charge on any atom is 0.0595 e. The average molecular weight is 419 g/mol. The van der Waals surface area contributed by atoms with E-state index in [0.717, 1.165) is 24.3 Å². The summed E-state index contributed by atoms with van der Waals surface area (Å²) in [6.07, 6.45) is 13.4. The van der Waals surface area contributed by atoms with Crippen molar-refractivity contribution in [1.29, 1.82) is 0 Å². The fraction of sp³-hybridized carbons (Fsp3) is 0.667. The van der Waals surface area contributed by atoms with Crippen LogP contribution in [0.4, 0.5) is 0 Å². The van der Waals surface area contributed by atoms with E-state index >= 15 is 0 Å². The van der Waals surface area contributed by atoms with Crippen molar-refractivity contribution >= 4 is 23.2 Å². The number of benzene rings is 1. The van der Waals surface area contributed by atoms with Gasteiger partial charge in [-0.3, -0.25) is 9.80 Å². The van der Waals surface area contributed by atoms with Gasteiger partial charge < -0.3 is 0 Å². The molecule has 0 amide bonds. The van der Waals surface area contributed by atoms with Crippen molar-refractivity contribution in [2.45, 2.75) is 63.5 Å². The van der Waals surface area contributed by atoms with Crippen LogP contribution in [0, 0.1) is 11.8 Å². The van der Waals surface area contributed by atoms with E-state index in [4.69, 9.17) is 23.2 Å². The van der Waals surface area contributed by atoms with Crippen LogP contribution in [0.5, 0.6) is 0 Å². The first kappa shape index (κ1) is 19.4. The molecule has 1 aromatic carbocycles. The summed E-state index contributed by atoms with van der Waals surface area (Å²) in [5, 5.41) is 1.33. The largest absolute Gasteiger partial charge is 0.299 e. The van der Waals surface area contributed by atoms with Crippen molar-refractivity contribution in [3.63, 3.8) is 0 Å². The van der Waals surface area contributed by atoms with Crippen LogP contribution in [0.15, 0.2) is 29.8 Å². The molecule has 0 unspecified atom stereocenters. The van der Waals surface area contributed by atoms with Crippen molar-refractivity contribution < 1.29 is 0 Å². The second kappa shape index (κ2) is 8.30. The number of rotatable bonds is 4. The van der Waals surface area contributed by atoms with Gasteiger partial charge in [-0.05, 0) is 94.1 Å². The Hall–Kier alpha value is -0.540. The van der Waals surface area contributed by atoms with Gasteiger partial charge in [0.05, 0.1) is 10.0 Å². The van der Waals surface area contributed by atoms with E-state index in [-0.39, 0.29) is 0 Å². The number of aryl methyl sites for hydroxylation is 1. The Kier molecular flexibility index (Phi) is 5.76. The van der Waals surface area contributed by atoms with Gasteiger partial charge in [-0.15, -0.1) is 0 Å². The highest BCUT2D eigenvalue weighted by atomic mass is 35.5. The number of hydrogen-bond donors (Lipinski definition) is 0. The molecule has 1 aromatic rings. The summed E-state index contributed by atoms with van der Waals surface area (Å²) in [6.45, 7) is 5.15. The Labute approximate surface area is 179 Å². The Bertz CT molecular complexity index is 746. The molecule has 3 saturated heterocycles. The second-order valence-electron chi connectivity index (χ2n) is 9.40. The summed E-state index contributed by atoms with van der Waals surface area (Å²) in [7, 11) is 0. The minimum absolute atomic E-state index is 0.654. The first-order valence-electron chi connectivity index (χ1n) is 11.3. The van der Waals surface area contributed by atoms with Crippen LogP contribution >= 0.6 is 23.2 Å². The lowest BCUT2D eigenvalue weighted by atomic mass is 9.68. The van der Waals surface area contributed by atoms with E-state index in [1.807, 2.05) is 12.1 Å². The summed E-state index contributed by atoms with van der Waals surface area (Å²) in [5.41, 5.74) is 3.09. The monoisotopic (exact) mass is 418 g/mol. The van der Waals surface area contributed by atoms with Crippen molar-refractivity contribution in [3.05, 3.63) is 45.5 Å². The lowest BCUT2D eigenvalue weighted by Crippen LogP contribution is -2.59. The molecule has 0 saturated carbocycles. The summed E-state index contributed by atoms with van der Waals surface area (Å²) in [5.74, 6) is 1.69. The maximum atomic E-state index is 6.19. The molecule has 4 aliphatic rings. The first-order chi connectivity index (χ1) is 13.7. The zero-order valence-electron chi connectivity index (χ0n) is 16.8. The van der Waals surface area contributed by atoms with E-state index in [1.54, 1.807) is 5.57 Å². The van der Waals surface area contributed by atoms with Gasteiger partial charge in [-0.2, -0.15) is 0 Å². The van der Waals surface area contributed by atoms with Crippen LogP contribution < -0.4 is 0 Å². The minimum Gasteiger partial charge on any atom is -0.299 e. The number of likely N-dealkylation sites (tertiary alicyclic amines) is 1. The third-order valence-electron chi connectivity index (χ3n) is 7.66. The molecule has 3 aliphatic heterocycles. The Morgan fingerprint density at radius 1 is 1.04 bits per heavy atom. The predicted molar refractivity (Wildman–Crippen MR) is 118 cm³/mol. The van der Waals surface area contributed by atoms with Gasteiger partial charge >= 0.3 is 0 Å². The normalized spacial score (nSPS) is 33.1. The number of fused-ring (bicyclic) bond motifs is 6.